The molecule has 0 atom stereocenters. The Hall–Kier alpha value is -1.69. The lowest BCUT2D eigenvalue weighted by Crippen LogP contribution is -2.72. The number of anilines is 1. The van der Waals surface area contributed by atoms with Crippen LogP contribution in [0.1, 0.15) is 6.42 Å². The summed E-state index contributed by atoms with van der Waals surface area (Å²) in [6.45, 7) is 1.95. The molecule has 6 heteroatoms. The van der Waals surface area contributed by atoms with E-state index in [0.29, 0.717) is 19.0 Å². The average Bonchev–Trinajstić information content (AvgIpc) is 2.17. The summed E-state index contributed by atoms with van der Waals surface area (Å²) in [5, 5.41) is 2.65. The van der Waals surface area contributed by atoms with E-state index in [4.69, 9.17) is 4.74 Å². The molecular weight excluding hydrogens is 225 g/mol. The average molecular weight is 237 g/mol. The lowest BCUT2D eigenvalue weighted by Gasteiger charge is -2.57. The van der Waals surface area contributed by atoms with Crippen molar-refractivity contribution in [3.63, 3.8) is 0 Å². The zero-order valence-corrected chi connectivity index (χ0v) is 9.15. The van der Waals surface area contributed by atoms with Gasteiger partial charge >= 0.3 is 6.03 Å². The van der Waals surface area contributed by atoms with Gasteiger partial charge in [0.05, 0.1) is 24.9 Å². The number of carbonyl (C=O) groups excluding carboxylic acids is 1. The molecule has 0 aromatic carbocycles. The molecule has 1 spiro atoms. The number of ether oxygens (including phenoxy) is 1. The van der Waals surface area contributed by atoms with Gasteiger partial charge in [-0.25, -0.2) is 14.2 Å². The van der Waals surface area contributed by atoms with Crippen molar-refractivity contribution in [2.24, 2.45) is 0 Å². The molecule has 5 nitrogen and oxygen atoms in total. The Bertz CT molecular complexity index is 439. The van der Waals surface area contributed by atoms with Crippen molar-refractivity contribution >= 4 is 11.8 Å². The van der Waals surface area contributed by atoms with Crippen LogP contribution >= 0.6 is 0 Å². The van der Waals surface area contributed by atoms with Gasteiger partial charge in [-0.3, -0.25) is 5.32 Å². The fourth-order valence-corrected chi connectivity index (χ4v) is 2.12. The Morgan fingerprint density at radius 2 is 2.35 bits per heavy atom. The largest absolute Gasteiger partial charge is 0.376 e. The quantitative estimate of drug-likeness (QED) is 0.799. The van der Waals surface area contributed by atoms with Gasteiger partial charge in [-0.05, 0) is 18.6 Å². The molecule has 90 valence electrons. The maximum Gasteiger partial charge on any atom is 0.323 e. The Kier molecular flexibility index (Phi) is 2.25. The summed E-state index contributed by atoms with van der Waals surface area (Å²) in [4.78, 5) is 17.5. The predicted molar refractivity (Wildman–Crippen MR) is 58.1 cm³/mol. The highest BCUT2D eigenvalue weighted by Crippen LogP contribution is 2.37. The normalized spacial score (nSPS) is 20.6. The van der Waals surface area contributed by atoms with Gasteiger partial charge in [0.15, 0.2) is 0 Å². The zero-order valence-electron chi connectivity index (χ0n) is 9.15. The number of pyridine rings is 1. The minimum atomic E-state index is -0.421. The van der Waals surface area contributed by atoms with Gasteiger partial charge in [-0.2, -0.15) is 0 Å². The second kappa shape index (κ2) is 3.66. The van der Waals surface area contributed by atoms with Crippen LogP contribution < -0.4 is 5.32 Å². The number of urea groups is 1. The summed E-state index contributed by atoms with van der Waals surface area (Å²) in [6, 6.07) is 2.51. The molecular formula is C11H12FN3O2. The maximum atomic E-state index is 12.6. The SMILES string of the molecule is O=C(Nc1ccc(F)cn1)N1CCC12COC2. The van der Waals surface area contributed by atoms with E-state index < -0.39 is 5.82 Å². The van der Waals surface area contributed by atoms with Crippen LogP contribution in [0.3, 0.4) is 0 Å². The number of hydrogen-bond donors (Lipinski definition) is 1. The molecule has 2 fully saturated rings. The van der Waals surface area contributed by atoms with Gasteiger partial charge in [-0.15, -0.1) is 0 Å². The molecule has 2 saturated heterocycles. The molecule has 17 heavy (non-hydrogen) atoms. The topological polar surface area (TPSA) is 54.5 Å². The first-order valence-electron chi connectivity index (χ1n) is 5.48. The maximum absolute atomic E-state index is 12.6. The number of likely N-dealkylation sites (tertiary alicyclic amines) is 1. The van der Waals surface area contributed by atoms with Gasteiger partial charge in [-0.1, -0.05) is 0 Å². The third kappa shape index (κ3) is 1.64. The molecule has 1 aromatic rings. The molecule has 3 rings (SSSR count). The monoisotopic (exact) mass is 237 g/mol. The summed E-state index contributed by atoms with van der Waals surface area (Å²) in [7, 11) is 0. The summed E-state index contributed by atoms with van der Waals surface area (Å²) in [5.41, 5.74) is -0.0931. The minimum absolute atomic E-state index is 0.0931. The van der Waals surface area contributed by atoms with E-state index in [0.717, 1.165) is 19.2 Å². The smallest absolute Gasteiger partial charge is 0.323 e. The Morgan fingerprint density at radius 3 is 2.82 bits per heavy atom. The van der Waals surface area contributed by atoms with Crippen LogP contribution in [-0.2, 0) is 4.74 Å². The Morgan fingerprint density at radius 1 is 1.53 bits per heavy atom. The van der Waals surface area contributed by atoms with E-state index in [1.165, 1.54) is 12.1 Å². The van der Waals surface area contributed by atoms with E-state index in [1.54, 1.807) is 4.90 Å². The second-order valence-corrected chi connectivity index (χ2v) is 4.41. The van der Waals surface area contributed by atoms with Crippen LogP contribution in [0.25, 0.3) is 0 Å². The molecule has 0 saturated carbocycles. The minimum Gasteiger partial charge on any atom is -0.376 e. The molecule has 0 radical (unpaired) electrons. The van der Waals surface area contributed by atoms with E-state index >= 15 is 0 Å². The summed E-state index contributed by atoms with van der Waals surface area (Å²) >= 11 is 0. The van der Waals surface area contributed by atoms with Crippen molar-refractivity contribution < 1.29 is 13.9 Å². The lowest BCUT2D eigenvalue weighted by atomic mass is 9.83. The number of nitrogens with zero attached hydrogens (tertiary/aromatic N) is 2. The molecule has 0 bridgehead atoms. The fraction of sp³-hybridized carbons (Fsp3) is 0.455. The van der Waals surface area contributed by atoms with Gasteiger partial charge in [0.1, 0.15) is 11.6 Å². The highest BCUT2D eigenvalue weighted by Gasteiger charge is 2.53. The number of carbonyl (C=O) groups is 1. The lowest BCUT2D eigenvalue weighted by molar-refractivity contribution is -0.168. The molecule has 2 aliphatic heterocycles. The van der Waals surface area contributed by atoms with Crippen molar-refractivity contribution in [1.29, 1.82) is 0 Å². The van der Waals surface area contributed by atoms with Crippen LogP contribution in [0.4, 0.5) is 15.0 Å². The number of halogens is 1. The first-order valence-corrected chi connectivity index (χ1v) is 5.48. The van der Waals surface area contributed by atoms with Crippen molar-refractivity contribution in [2.75, 3.05) is 25.1 Å². The van der Waals surface area contributed by atoms with Crippen molar-refractivity contribution in [3.8, 4) is 0 Å². The molecule has 0 unspecified atom stereocenters. The van der Waals surface area contributed by atoms with E-state index in [-0.39, 0.29) is 11.6 Å². The third-order valence-electron chi connectivity index (χ3n) is 3.32. The third-order valence-corrected chi connectivity index (χ3v) is 3.32. The first kappa shape index (κ1) is 10.5. The van der Waals surface area contributed by atoms with Crippen molar-refractivity contribution in [3.05, 3.63) is 24.1 Å². The van der Waals surface area contributed by atoms with Gasteiger partial charge in [0, 0.05) is 6.54 Å². The van der Waals surface area contributed by atoms with Crippen molar-refractivity contribution in [2.45, 2.75) is 12.0 Å². The van der Waals surface area contributed by atoms with Gasteiger partial charge in [0.25, 0.3) is 0 Å². The first-order chi connectivity index (χ1) is 8.20. The van der Waals surface area contributed by atoms with Crippen LogP contribution in [0.5, 0.6) is 0 Å². The van der Waals surface area contributed by atoms with Gasteiger partial charge < -0.3 is 9.64 Å². The van der Waals surface area contributed by atoms with Gasteiger partial charge in [0.2, 0.25) is 0 Å². The standard InChI is InChI=1S/C11H12FN3O2/c12-8-1-2-9(13-5-8)14-10(16)15-4-3-11(15)6-17-7-11/h1-2,5H,3-4,6-7H2,(H,13,14,16). The van der Waals surface area contributed by atoms with Crippen LogP contribution in [-0.4, -0.2) is 41.2 Å². The molecule has 0 aliphatic carbocycles. The Balaban J connectivity index is 1.65. The predicted octanol–water partition coefficient (Wildman–Crippen LogP) is 1.23. The number of rotatable bonds is 1. The van der Waals surface area contributed by atoms with Crippen LogP contribution in [0.2, 0.25) is 0 Å². The Labute approximate surface area is 97.6 Å². The highest BCUT2D eigenvalue weighted by atomic mass is 19.1. The number of nitrogens with one attached hydrogen (secondary N) is 1. The van der Waals surface area contributed by atoms with E-state index in [1.807, 2.05) is 0 Å². The molecule has 1 N–H and O–H groups in total. The van der Waals surface area contributed by atoms with Crippen LogP contribution in [0.15, 0.2) is 18.3 Å². The second-order valence-electron chi connectivity index (χ2n) is 4.41. The molecule has 1 aromatic heterocycles. The number of aromatic nitrogens is 1. The molecule has 2 amide bonds. The van der Waals surface area contributed by atoms with E-state index in [2.05, 4.69) is 10.3 Å². The number of amides is 2. The fourth-order valence-electron chi connectivity index (χ4n) is 2.12. The summed E-state index contributed by atoms with van der Waals surface area (Å²) in [6.07, 6.45) is 2.06. The molecule has 2 aliphatic rings. The van der Waals surface area contributed by atoms with E-state index in [9.17, 15) is 9.18 Å². The summed E-state index contributed by atoms with van der Waals surface area (Å²) in [5.74, 6) is -0.0606. The highest BCUT2D eigenvalue weighted by molar-refractivity contribution is 5.89. The van der Waals surface area contributed by atoms with Crippen LogP contribution in [0, 0.1) is 5.82 Å². The van der Waals surface area contributed by atoms with Crippen molar-refractivity contribution in [1.82, 2.24) is 9.88 Å². The summed E-state index contributed by atoms with van der Waals surface area (Å²) < 4.78 is 17.8. The zero-order chi connectivity index (χ0) is 11.9. The molecule has 3 heterocycles. The number of hydrogen-bond acceptors (Lipinski definition) is 3.